The summed E-state index contributed by atoms with van der Waals surface area (Å²) in [5, 5.41) is 18.0. The lowest BCUT2D eigenvalue weighted by molar-refractivity contribution is -0.140. The monoisotopic (exact) mass is 534 g/mol. The Balaban J connectivity index is 1.57. The van der Waals surface area contributed by atoms with Gasteiger partial charge in [0, 0.05) is 27.3 Å². The maximum Gasteiger partial charge on any atom is 0.329 e. The van der Waals surface area contributed by atoms with Crippen LogP contribution in [0.4, 0.5) is 16.2 Å². The molecule has 1 fully saturated rings. The highest BCUT2D eigenvalue weighted by atomic mass is 79.9. The van der Waals surface area contributed by atoms with E-state index in [1.807, 2.05) is 0 Å². The lowest BCUT2D eigenvalue weighted by Crippen LogP contribution is -2.62. The molecule has 2 aliphatic rings. The average molecular weight is 536 g/mol. The molecule has 2 aromatic carbocycles. The molecule has 0 bridgehead atoms. The summed E-state index contributed by atoms with van der Waals surface area (Å²) in [5.74, 6) is -0.650. The maximum atomic E-state index is 13.5. The van der Waals surface area contributed by atoms with Crippen molar-refractivity contribution in [1.29, 1.82) is 0 Å². The summed E-state index contributed by atoms with van der Waals surface area (Å²) in [7, 11) is 0. The fraction of sp³-hybridized carbons (Fsp3) is 0.417. The summed E-state index contributed by atoms with van der Waals surface area (Å²) >= 11 is 9.42. The Labute approximate surface area is 207 Å². The van der Waals surface area contributed by atoms with E-state index in [9.17, 15) is 14.7 Å². The molecule has 176 valence electrons. The van der Waals surface area contributed by atoms with E-state index >= 15 is 0 Å². The molecule has 9 heteroatoms. The number of halogens is 2. The van der Waals surface area contributed by atoms with Crippen LogP contribution in [0.5, 0.6) is 0 Å². The van der Waals surface area contributed by atoms with Gasteiger partial charge in [-0.3, -0.25) is 9.69 Å². The fourth-order valence-electron chi connectivity index (χ4n) is 4.46. The second-order valence-corrected chi connectivity index (χ2v) is 9.82. The van der Waals surface area contributed by atoms with E-state index in [4.69, 9.17) is 11.6 Å². The Hall–Kier alpha value is -2.13. The van der Waals surface area contributed by atoms with Crippen LogP contribution >= 0.6 is 27.5 Å². The number of nitrogens with one attached hydrogen (secondary N) is 2. The van der Waals surface area contributed by atoms with Crippen molar-refractivity contribution >= 4 is 50.8 Å². The van der Waals surface area contributed by atoms with Crippen LogP contribution in [-0.2, 0) is 10.5 Å². The van der Waals surface area contributed by atoms with Gasteiger partial charge in [0.1, 0.15) is 0 Å². The number of nitrogens with zero attached hydrogens (tertiary/aromatic N) is 2. The van der Waals surface area contributed by atoms with Crippen LogP contribution in [0.1, 0.15) is 37.7 Å². The molecule has 0 aromatic heterocycles. The van der Waals surface area contributed by atoms with Crippen molar-refractivity contribution in [3.63, 3.8) is 0 Å². The molecule has 2 aromatic rings. The summed E-state index contributed by atoms with van der Waals surface area (Å²) < 4.78 is 0.681. The van der Waals surface area contributed by atoms with E-state index in [0.29, 0.717) is 27.4 Å². The minimum atomic E-state index is -2.22. The highest BCUT2D eigenvalue weighted by molar-refractivity contribution is 9.10. The van der Waals surface area contributed by atoms with Gasteiger partial charge in [0.25, 0.3) is 11.6 Å². The zero-order valence-corrected chi connectivity index (χ0v) is 20.7. The Morgan fingerprint density at radius 3 is 2.52 bits per heavy atom. The Kier molecular flexibility index (Phi) is 7.58. The number of carbonyl (C=O) groups excluding carboxylic acids is 2. The van der Waals surface area contributed by atoms with E-state index in [0.717, 1.165) is 31.0 Å². The quantitative estimate of drug-likeness (QED) is 0.469. The van der Waals surface area contributed by atoms with Crippen molar-refractivity contribution in [1.82, 2.24) is 10.2 Å². The van der Waals surface area contributed by atoms with Gasteiger partial charge in [0.2, 0.25) is 0 Å². The van der Waals surface area contributed by atoms with Crippen molar-refractivity contribution in [2.45, 2.75) is 37.8 Å². The van der Waals surface area contributed by atoms with Crippen molar-refractivity contribution in [2.24, 2.45) is 0 Å². The topological polar surface area (TPSA) is 84.9 Å². The van der Waals surface area contributed by atoms with E-state index in [-0.39, 0.29) is 5.56 Å². The lowest BCUT2D eigenvalue weighted by Gasteiger charge is -2.42. The summed E-state index contributed by atoms with van der Waals surface area (Å²) in [6, 6.07) is 10.9. The molecule has 0 spiro atoms. The first-order chi connectivity index (χ1) is 15.9. The third-order valence-electron chi connectivity index (χ3n) is 6.16. The molecule has 0 aliphatic carbocycles. The van der Waals surface area contributed by atoms with Gasteiger partial charge in [-0.25, -0.2) is 4.79 Å². The zero-order valence-electron chi connectivity index (χ0n) is 18.3. The van der Waals surface area contributed by atoms with Crippen LogP contribution in [0.2, 0.25) is 5.02 Å². The standard InChI is InChI=1S/C24H28BrClN4O3/c25-17-6-11-21-20(16-17)24(33,30(23(32)28-21)19-9-7-18(26)8-10-19)22(31)27-12-5-15-29-13-3-1-2-4-14-29/h6-11,16,33H,1-5,12-15H2,(H,27,31)(H,28,32)/t24-/m0/s1. The lowest BCUT2D eigenvalue weighted by atomic mass is 9.94. The van der Waals surface area contributed by atoms with Crippen LogP contribution in [-0.4, -0.2) is 48.1 Å². The second-order valence-electron chi connectivity index (χ2n) is 8.47. The number of aliphatic hydroxyl groups is 1. The number of anilines is 2. The smallest absolute Gasteiger partial charge is 0.329 e. The minimum absolute atomic E-state index is 0.288. The number of hydrogen-bond donors (Lipinski definition) is 3. The molecule has 3 N–H and O–H groups in total. The molecule has 0 radical (unpaired) electrons. The van der Waals surface area contributed by atoms with E-state index < -0.39 is 17.7 Å². The van der Waals surface area contributed by atoms with Gasteiger partial charge in [-0.15, -0.1) is 0 Å². The molecular formula is C24H28BrClN4O3. The van der Waals surface area contributed by atoms with Crippen molar-refractivity contribution in [3.05, 3.63) is 57.5 Å². The number of likely N-dealkylation sites (tertiary alicyclic amines) is 1. The van der Waals surface area contributed by atoms with Gasteiger partial charge < -0.3 is 20.6 Å². The predicted molar refractivity (Wildman–Crippen MR) is 134 cm³/mol. The SMILES string of the molecule is O=C1Nc2ccc(Br)cc2[C@](O)(C(=O)NCCCN2CCCCCC2)N1c1ccc(Cl)cc1. The Morgan fingerprint density at radius 1 is 1.12 bits per heavy atom. The first-order valence-corrected chi connectivity index (χ1v) is 12.5. The average Bonchev–Trinajstić information content (AvgIpc) is 3.07. The van der Waals surface area contributed by atoms with Crippen LogP contribution in [0, 0.1) is 0 Å². The molecular weight excluding hydrogens is 508 g/mol. The van der Waals surface area contributed by atoms with Gasteiger partial charge in [-0.1, -0.05) is 40.4 Å². The normalized spacial score (nSPS) is 21.2. The number of benzene rings is 2. The molecule has 3 amide bonds. The Bertz CT molecular complexity index is 1010. The van der Waals surface area contributed by atoms with Crippen LogP contribution in [0.25, 0.3) is 0 Å². The number of fused-ring (bicyclic) bond motifs is 1. The fourth-order valence-corrected chi connectivity index (χ4v) is 4.95. The molecule has 1 saturated heterocycles. The summed E-state index contributed by atoms with van der Waals surface area (Å²) in [4.78, 5) is 30.0. The second kappa shape index (κ2) is 10.4. The third-order valence-corrected chi connectivity index (χ3v) is 6.91. The summed E-state index contributed by atoms with van der Waals surface area (Å²) in [6.07, 6.45) is 5.74. The zero-order chi connectivity index (χ0) is 23.4. The molecule has 1 atom stereocenters. The van der Waals surface area contributed by atoms with Gasteiger partial charge in [-0.2, -0.15) is 0 Å². The van der Waals surface area contributed by atoms with Gasteiger partial charge in [0.05, 0.1) is 5.69 Å². The number of amides is 3. The highest BCUT2D eigenvalue weighted by Gasteiger charge is 2.52. The minimum Gasteiger partial charge on any atom is -0.359 e. The Morgan fingerprint density at radius 2 is 1.82 bits per heavy atom. The van der Waals surface area contributed by atoms with Crippen molar-refractivity contribution in [2.75, 3.05) is 36.4 Å². The van der Waals surface area contributed by atoms with Crippen LogP contribution in [0.15, 0.2) is 46.9 Å². The van der Waals surface area contributed by atoms with Gasteiger partial charge >= 0.3 is 6.03 Å². The first-order valence-electron chi connectivity index (χ1n) is 11.3. The van der Waals surface area contributed by atoms with Crippen molar-refractivity contribution in [3.8, 4) is 0 Å². The molecule has 2 aliphatic heterocycles. The van der Waals surface area contributed by atoms with Gasteiger partial charge in [-0.05, 0) is 81.4 Å². The van der Waals surface area contributed by atoms with E-state index in [1.54, 1.807) is 42.5 Å². The maximum absolute atomic E-state index is 13.5. The third kappa shape index (κ3) is 5.19. The molecule has 2 heterocycles. The number of rotatable bonds is 6. The molecule has 4 rings (SSSR count). The van der Waals surface area contributed by atoms with Crippen LogP contribution < -0.4 is 15.5 Å². The van der Waals surface area contributed by atoms with E-state index in [2.05, 4.69) is 31.5 Å². The van der Waals surface area contributed by atoms with E-state index in [1.165, 1.54) is 25.7 Å². The summed E-state index contributed by atoms with van der Waals surface area (Å²) in [6.45, 7) is 3.47. The van der Waals surface area contributed by atoms with Gasteiger partial charge in [0.15, 0.2) is 0 Å². The van der Waals surface area contributed by atoms with Crippen LogP contribution in [0.3, 0.4) is 0 Å². The summed E-state index contributed by atoms with van der Waals surface area (Å²) in [5.41, 5.74) is -1.20. The number of hydrogen-bond acceptors (Lipinski definition) is 4. The number of carbonyl (C=O) groups is 2. The largest absolute Gasteiger partial charge is 0.359 e. The highest BCUT2D eigenvalue weighted by Crippen LogP contribution is 2.41. The molecule has 0 unspecified atom stereocenters. The number of urea groups is 1. The molecule has 7 nitrogen and oxygen atoms in total. The predicted octanol–water partition coefficient (Wildman–Crippen LogP) is 4.68. The molecule has 0 saturated carbocycles. The van der Waals surface area contributed by atoms with Crippen molar-refractivity contribution < 1.29 is 14.7 Å². The first kappa shape index (κ1) is 24.0. The molecule has 33 heavy (non-hydrogen) atoms.